The van der Waals surface area contributed by atoms with Gasteiger partial charge in [-0.05, 0) is 13.3 Å². The minimum absolute atomic E-state index is 0.479. The van der Waals surface area contributed by atoms with Crippen LogP contribution in [-0.4, -0.2) is 15.0 Å². The van der Waals surface area contributed by atoms with Gasteiger partial charge in [0.25, 0.3) is 0 Å². The van der Waals surface area contributed by atoms with Crippen LogP contribution in [0.1, 0.15) is 69.5 Å². The number of nitrogens with two attached hydrogens (primary N) is 1. The highest BCUT2D eigenvalue weighted by Crippen LogP contribution is 2.21. The molecule has 2 aromatic rings. The largest absolute Gasteiger partial charge is 0.325 e. The molecule has 0 aliphatic rings. The molecule has 1 aromatic heterocycles. The highest BCUT2D eigenvalue weighted by atomic mass is 15.4. The SMILES string of the molecule is CCCCCCCCCCn1nnc(-c2ccc(C)cc2)c1CN. The summed E-state index contributed by atoms with van der Waals surface area (Å²) in [7, 11) is 0. The molecule has 2 N–H and O–H groups in total. The summed E-state index contributed by atoms with van der Waals surface area (Å²) >= 11 is 0. The molecule has 0 unspecified atom stereocenters. The van der Waals surface area contributed by atoms with Crippen LogP contribution >= 0.6 is 0 Å². The summed E-state index contributed by atoms with van der Waals surface area (Å²) in [5.41, 5.74) is 10.3. The van der Waals surface area contributed by atoms with Gasteiger partial charge >= 0.3 is 0 Å². The zero-order valence-corrected chi connectivity index (χ0v) is 15.3. The second kappa shape index (κ2) is 10.2. The molecule has 1 aromatic carbocycles. The first kappa shape index (κ1) is 18.7. The van der Waals surface area contributed by atoms with E-state index in [4.69, 9.17) is 5.73 Å². The topological polar surface area (TPSA) is 56.7 Å². The monoisotopic (exact) mass is 328 g/mol. The van der Waals surface area contributed by atoms with Gasteiger partial charge in [0.15, 0.2) is 0 Å². The maximum absolute atomic E-state index is 5.96. The average molecular weight is 329 g/mol. The summed E-state index contributed by atoms with van der Waals surface area (Å²) in [6, 6.07) is 8.40. The van der Waals surface area contributed by atoms with Crippen molar-refractivity contribution < 1.29 is 0 Å². The molecule has 2 rings (SSSR count). The second-order valence-electron chi connectivity index (χ2n) is 6.65. The molecule has 0 bridgehead atoms. The van der Waals surface area contributed by atoms with Gasteiger partial charge in [-0.3, -0.25) is 0 Å². The van der Waals surface area contributed by atoms with E-state index in [0.717, 1.165) is 29.9 Å². The number of hydrogen-bond acceptors (Lipinski definition) is 3. The molecule has 0 spiro atoms. The fraction of sp³-hybridized carbons (Fsp3) is 0.600. The van der Waals surface area contributed by atoms with E-state index in [-0.39, 0.29) is 0 Å². The lowest BCUT2D eigenvalue weighted by Gasteiger charge is -2.07. The van der Waals surface area contributed by atoms with E-state index < -0.39 is 0 Å². The van der Waals surface area contributed by atoms with Crippen LogP contribution in [0.15, 0.2) is 24.3 Å². The van der Waals surface area contributed by atoms with Gasteiger partial charge in [-0.2, -0.15) is 0 Å². The maximum atomic E-state index is 5.96. The van der Waals surface area contributed by atoms with Crippen molar-refractivity contribution in [2.45, 2.75) is 78.3 Å². The summed E-state index contributed by atoms with van der Waals surface area (Å²) in [6.45, 7) is 5.75. The van der Waals surface area contributed by atoms with Gasteiger partial charge in [-0.1, -0.05) is 86.9 Å². The van der Waals surface area contributed by atoms with Crippen LogP contribution in [-0.2, 0) is 13.1 Å². The van der Waals surface area contributed by atoms with Crippen LogP contribution in [0.25, 0.3) is 11.3 Å². The van der Waals surface area contributed by atoms with Crippen LogP contribution < -0.4 is 5.73 Å². The van der Waals surface area contributed by atoms with Gasteiger partial charge in [0.1, 0.15) is 5.69 Å². The van der Waals surface area contributed by atoms with Crippen molar-refractivity contribution in [2.75, 3.05) is 0 Å². The summed E-state index contributed by atoms with van der Waals surface area (Å²) in [5.74, 6) is 0. The lowest BCUT2D eigenvalue weighted by atomic mass is 10.1. The number of nitrogens with zero attached hydrogens (tertiary/aromatic N) is 3. The molecule has 24 heavy (non-hydrogen) atoms. The highest BCUT2D eigenvalue weighted by molar-refractivity contribution is 5.61. The third-order valence-corrected chi connectivity index (χ3v) is 4.58. The number of benzene rings is 1. The Kier molecular flexibility index (Phi) is 7.96. The fourth-order valence-corrected chi connectivity index (χ4v) is 3.05. The van der Waals surface area contributed by atoms with Gasteiger partial charge in [0, 0.05) is 18.7 Å². The first-order valence-electron chi connectivity index (χ1n) is 9.45. The lowest BCUT2D eigenvalue weighted by molar-refractivity contribution is 0.499. The molecule has 0 amide bonds. The molecule has 0 radical (unpaired) electrons. The highest BCUT2D eigenvalue weighted by Gasteiger charge is 2.12. The van der Waals surface area contributed by atoms with Crippen molar-refractivity contribution in [3.05, 3.63) is 35.5 Å². The van der Waals surface area contributed by atoms with E-state index in [2.05, 4.69) is 48.4 Å². The average Bonchev–Trinajstić information content (AvgIpc) is 3.01. The van der Waals surface area contributed by atoms with Crippen molar-refractivity contribution in [1.29, 1.82) is 0 Å². The van der Waals surface area contributed by atoms with Crippen LogP contribution in [0.2, 0.25) is 0 Å². The van der Waals surface area contributed by atoms with E-state index in [1.807, 2.05) is 4.68 Å². The van der Waals surface area contributed by atoms with E-state index in [1.54, 1.807) is 0 Å². The minimum Gasteiger partial charge on any atom is -0.325 e. The molecule has 0 fully saturated rings. The molecule has 4 heteroatoms. The summed E-state index contributed by atoms with van der Waals surface area (Å²) in [5, 5.41) is 8.70. The zero-order valence-electron chi connectivity index (χ0n) is 15.3. The van der Waals surface area contributed by atoms with Crippen molar-refractivity contribution in [3.63, 3.8) is 0 Å². The summed E-state index contributed by atoms with van der Waals surface area (Å²) in [4.78, 5) is 0. The molecule has 0 aliphatic heterocycles. The maximum Gasteiger partial charge on any atom is 0.117 e. The van der Waals surface area contributed by atoms with Gasteiger partial charge < -0.3 is 5.73 Å². The first-order valence-corrected chi connectivity index (χ1v) is 9.45. The Balaban J connectivity index is 1.82. The van der Waals surface area contributed by atoms with Crippen LogP contribution in [0.3, 0.4) is 0 Å². The smallest absolute Gasteiger partial charge is 0.117 e. The Morgan fingerprint density at radius 3 is 2.17 bits per heavy atom. The van der Waals surface area contributed by atoms with Crippen LogP contribution in [0.5, 0.6) is 0 Å². The Morgan fingerprint density at radius 1 is 0.917 bits per heavy atom. The number of hydrogen-bond donors (Lipinski definition) is 1. The third kappa shape index (κ3) is 5.45. The Labute approximate surface area is 146 Å². The molecule has 0 atom stereocenters. The minimum atomic E-state index is 0.479. The molecule has 0 aliphatic carbocycles. The second-order valence-corrected chi connectivity index (χ2v) is 6.65. The van der Waals surface area contributed by atoms with Crippen molar-refractivity contribution in [1.82, 2.24) is 15.0 Å². The fourth-order valence-electron chi connectivity index (χ4n) is 3.05. The molecular formula is C20H32N4. The van der Waals surface area contributed by atoms with Crippen molar-refractivity contribution in [3.8, 4) is 11.3 Å². The lowest BCUT2D eigenvalue weighted by Crippen LogP contribution is -2.10. The summed E-state index contributed by atoms with van der Waals surface area (Å²) < 4.78 is 1.99. The van der Waals surface area contributed by atoms with Crippen molar-refractivity contribution in [2.24, 2.45) is 5.73 Å². The normalized spacial score (nSPS) is 11.1. The molecule has 1 heterocycles. The first-order chi connectivity index (χ1) is 11.8. The van der Waals surface area contributed by atoms with Gasteiger partial charge in [-0.15, -0.1) is 5.10 Å². The number of unbranched alkanes of at least 4 members (excludes halogenated alkanes) is 7. The predicted octanol–water partition coefficient (Wildman–Crippen LogP) is 4.85. The van der Waals surface area contributed by atoms with Gasteiger partial charge in [0.2, 0.25) is 0 Å². The summed E-state index contributed by atoms with van der Waals surface area (Å²) in [6.07, 6.45) is 10.5. The molecule has 132 valence electrons. The van der Waals surface area contributed by atoms with E-state index in [0.29, 0.717) is 6.54 Å². The molecule has 0 saturated heterocycles. The van der Waals surface area contributed by atoms with Gasteiger partial charge in [0.05, 0.1) is 5.69 Å². The standard InChI is InChI=1S/C20H32N4/c1-3-4-5-6-7-8-9-10-15-24-19(16-21)20(22-23-24)18-13-11-17(2)12-14-18/h11-14H,3-10,15-16,21H2,1-2H3. The van der Waals surface area contributed by atoms with Gasteiger partial charge in [-0.25, -0.2) is 4.68 Å². The Hall–Kier alpha value is -1.68. The molecular weight excluding hydrogens is 296 g/mol. The van der Waals surface area contributed by atoms with E-state index in [1.165, 1.54) is 50.5 Å². The predicted molar refractivity (Wildman–Crippen MR) is 101 cm³/mol. The Morgan fingerprint density at radius 2 is 1.54 bits per heavy atom. The van der Waals surface area contributed by atoms with Crippen molar-refractivity contribution >= 4 is 0 Å². The van der Waals surface area contributed by atoms with Crippen LogP contribution in [0, 0.1) is 6.92 Å². The van der Waals surface area contributed by atoms with E-state index in [9.17, 15) is 0 Å². The number of aryl methyl sites for hydroxylation is 2. The molecule has 0 saturated carbocycles. The zero-order chi connectivity index (χ0) is 17.2. The quantitative estimate of drug-likeness (QED) is 0.600. The number of rotatable bonds is 11. The van der Waals surface area contributed by atoms with E-state index >= 15 is 0 Å². The molecule has 4 nitrogen and oxygen atoms in total. The number of aromatic nitrogens is 3. The Bertz CT molecular complexity index is 586. The third-order valence-electron chi connectivity index (χ3n) is 4.58. The van der Waals surface area contributed by atoms with Crippen LogP contribution in [0.4, 0.5) is 0 Å².